The third-order valence-electron chi connectivity index (χ3n) is 2.41. The van der Waals surface area contributed by atoms with Crippen molar-refractivity contribution in [3.8, 4) is 11.5 Å². The Balaban J connectivity index is 2.04. The molecule has 0 aliphatic carbocycles. The van der Waals surface area contributed by atoms with Gasteiger partial charge in [0.2, 0.25) is 0 Å². The summed E-state index contributed by atoms with van der Waals surface area (Å²) in [6.45, 7) is 1.96. The molecule has 92 valence electrons. The molecule has 0 atom stereocenters. The van der Waals surface area contributed by atoms with Crippen molar-refractivity contribution < 1.29 is 14.3 Å². The number of hydrogen-bond acceptors (Lipinski definition) is 4. The van der Waals surface area contributed by atoms with Crippen LogP contribution in [0.3, 0.4) is 0 Å². The molecule has 1 heterocycles. The standard InChI is InChI=1S/C13H17NO3/c1-14-17-9-2-4-11-5-6-12-13(10-11)16-8-3-7-15-12/h2,4-6,10,14H,3,7-9H2,1H3/b4-2+. The third-order valence-corrected chi connectivity index (χ3v) is 2.41. The first-order chi connectivity index (χ1) is 8.40. The number of ether oxygens (including phenoxy) is 2. The lowest BCUT2D eigenvalue weighted by atomic mass is 10.2. The van der Waals surface area contributed by atoms with Crippen molar-refractivity contribution in [2.45, 2.75) is 6.42 Å². The maximum Gasteiger partial charge on any atom is 0.161 e. The monoisotopic (exact) mass is 235 g/mol. The number of nitrogens with one attached hydrogen (secondary N) is 1. The van der Waals surface area contributed by atoms with Crippen molar-refractivity contribution in [1.29, 1.82) is 0 Å². The van der Waals surface area contributed by atoms with Crippen LogP contribution in [0, 0.1) is 0 Å². The molecule has 1 aliphatic rings. The predicted octanol–water partition coefficient (Wildman–Crippen LogP) is 2.01. The Labute approximate surface area is 101 Å². The molecule has 0 saturated carbocycles. The van der Waals surface area contributed by atoms with E-state index in [4.69, 9.17) is 14.3 Å². The molecule has 0 unspecified atom stereocenters. The van der Waals surface area contributed by atoms with E-state index in [1.165, 1.54) is 0 Å². The van der Waals surface area contributed by atoms with Gasteiger partial charge < -0.3 is 9.47 Å². The van der Waals surface area contributed by atoms with E-state index >= 15 is 0 Å². The third kappa shape index (κ3) is 3.47. The van der Waals surface area contributed by atoms with Crippen molar-refractivity contribution in [3.05, 3.63) is 29.8 Å². The Morgan fingerprint density at radius 2 is 2.12 bits per heavy atom. The molecular formula is C13H17NO3. The van der Waals surface area contributed by atoms with Crippen molar-refractivity contribution in [2.24, 2.45) is 0 Å². The van der Waals surface area contributed by atoms with Crippen molar-refractivity contribution in [1.82, 2.24) is 5.48 Å². The van der Waals surface area contributed by atoms with E-state index in [-0.39, 0.29) is 0 Å². The highest BCUT2D eigenvalue weighted by Crippen LogP contribution is 2.30. The summed E-state index contributed by atoms with van der Waals surface area (Å²) in [6, 6.07) is 5.93. The zero-order chi connectivity index (χ0) is 11.9. The van der Waals surface area contributed by atoms with Gasteiger partial charge in [0.15, 0.2) is 11.5 Å². The molecule has 1 N–H and O–H groups in total. The second-order valence-electron chi connectivity index (χ2n) is 3.67. The molecule has 0 aromatic heterocycles. The van der Waals surface area contributed by atoms with Crippen molar-refractivity contribution in [3.63, 3.8) is 0 Å². The molecule has 1 aromatic carbocycles. The van der Waals surface area contributed by atoms with Gasteiger partial charge in [-0.15, -0.1) is 0 Å². The van der Waals surface area contributed by atoms with Crippen LogP contribution in [0.1, 0.15) is 12.0 Å². The fraction of sp³-hybridized carbons (Fsp3) is 0.385. The summed E-state index contributed by atoms with van der Waals surface area (Å²) in [6.07, 6.45) is 4.86. The van der Waals surface area contributed by atoms with Gasteiger partial charge in [-0.1, -0.05) is 18.2 Å². The Bertz CT molecular complexity index is 390. The van der Waals surface area contributed by atoms with Gasteiger partial charge >= 0.3 is 0 Å². The quantitative estimate of drug-likeness (QED) is 0.640. The molecular weight excluding hydrogens is 218 g/mol. The lowest BCUT2D eigenvalue weighted by Gasteiger charge is -2.07. The number of rotatable bonds is 4. The van der Waals surface area contributed by atoms with Gasteiger partial charge in [0.05, 0.1) is 19.8 Å². The van der Waals surface area contributed by atoms with E-state index < -0.39 is 0 Å². The molecule has 0 amide bonds. The molecule has 1 aromatic rings. The van der Waals surface area contributed by atoms with Gasteiger partial charge in [-0.05, 0) is 17.7 Å². The minimum absolute atomic E-state index is 0.533. The van der Waals surface area contributed by atoms with Crippen molar-refractivity contribution >= 4 is 6.08 Å². The predicted molar refractivity (Wildman–Crippen MR) is 66.1 cm³/mol. The number of hydrogen-bond donors (Lipinski definition) is 1. The largest absolute Gasteiger partial charge is 0.490 e. The lowest BCUT2D eigenvalue weighted by Crippen LogP contribution is -2.06. The first-order valence-electron chi connectivity index (χ1n) is 5.75. The maximum atomic E-state index is 5.61. The molecule has 0 saturated heterocycles. The highest BCUT2D eigenvalue weighted by molar-refractivity contribution is 5.56. The first-order valence-corrected chi connectivity index (χ1v) is 5.75. The normalized spacial score (nSPS) is 14.9. The second-order valence-corrected chi connectivity index (χ2v) is 3.67. The van der Waals surface area contributed by atoms with Gasteiger partial charge in [0.1, 0.15) is 0 Å². The molecule has 0 spiro atoms. The van der Waals surface area contributed by atoms with Gasteiger partial charge in [-0.2, -0.15) is 0 Å². The van der Waals surface area contributed by atoms with Crippen LogP contribution >= 0.6 is 0 Å². The van der Waals surface area contributed by atoms with Crippen LogP contribution in [0.4, 0.5) is 0 Å². The summed E-state index contributed by atoms with van der Waals surface area (Å²) in [5.74, 6) is 1.64. The zero-order valence-corrected chi connectivity index (χ0v) is 9.94. The topological polar surface area (TPSA) is 39.7 Å². The fourth-order valence-corrected chi connectivity index (χ4v) is 1.60. The first kappa shape index (κ1) is 12.0. The van der Waals surface area contributed by atoms with E-state index in [1.54, 1.807) is 7.05 Å². The number of benzene rings is 1. The summed E-state index contributed by atoms with van der Waals surface area (Å²) in [4.78, 5) is 5.00. The summed E-state index contributed by atoms with van der Waals surface area (Å²) < 4.78 is 11.2. The Morgan fingerprint density at radius 1 is 1.29 bits per heavy atom. The van der Waals surface area contributed by atoms with E-state index in [0.29, 0.717) is 13.2 Å². The van der Waals surface area contributed by atoms with Crippen LogP contribution in [0.25, 0.3) is 6.08 Å². The molecule has 4 nitrogen and oxygen atoms in total. The molecule has 2 rings (SSSR count). The minimum atomic E-state index is 0.533. The molecule has 0 fully saturated rings. The van der Waals surface area contributed by atoms with Crippen LogP contribution in [0.2, 0.25) is 0 Å². The van der Waals surface area contributed by atoms with Crippen molar-refractivity contribution in [2.75, 3.05) is 26.9 Å². The second kappa shape index (κ2) is 6.27. The average molecular weight is 235 g/mol. The zero-order valence-electron chi connectivity index (χ0n) is 9.94. The molecule has 17 heavy (non-hydrogen) atoms. The Hall–Kier alpha value is -1.52. The lowest BCUT2D eigenvalue weighted by molar-refractivity contribution is 0.0814. The summed E-state index contributed by atoms with van der Waals surface area (Å²) in [5, 5.41) is 0. The van der Waals surface area contributed by atoms with Crippen LogP contribution in [-0.4, -0.2) is 26.9 Å². The summed E-state index contributed by atoms with van der Waals surface area (Å²) in [5.41, 5.74) is 3.69. The molecule has 0 bridgehead atoms. The van der Waals surface area contributed by atoms with Crippen LogP contribution in [-0.2, 0) is 4.84 Å². The number of hydroxylamine groups is 1. The highest BCUT2D eigenvalue weighted by atomic mass is 16.6. The fourth-order valence-electron chi connectivity index (χ4n) is 1.60. The smallest absolute Gasteiger partial charge is 0.161 e. The average Bonchev–Trinajstić information content (AvgIpc) is 2.59. The van der Waals surface area contributed by atoms with Crippen LogP contribution in [0.5, 0.6) is 11.5 Å². The molecule has 0 radical (unpaired) electrons. The van der Waals surface area contributed by atoms with Crippen LogP contribution < -0.4 is 15.0 Å². The van der Waals surface area contributed by atoms with E-state index in [1.807, 2.05) is 30.4 Å². The molecule has 4 heteroatoms. The SMILES string of the molecule is CNOC/C=C/c1ccc2c(c1)OCCCO2. The van der Waals surface area contributed by atoms with Gasteiger partial charge in [-0.25, -0.2) is 5.48 Å². The minimum Gasteiger partial charge on any atom is -0.490 e. The number of fused-ring (bicyclic) bond motifs is 1. The van der Waals surface area contributed by atoms with E-state index in [2.05, 4.69) is 5.48 Å². The Kier molecular flexibility index (Phi) is 4.41. The summed E-state index contributed by atoms with van der Waals surface area (Å²) in [7, 11) is 1.74. The van der Waals surface area contributed by atoms with Gasteiger partial charge in [0.25, 0.3) is 0 Å². The highest BCUT2D eigenvalue weighted by Gasteiger charge is 2.09. The van der Waals surface area contributed by atoms with Crippen LogP contribution in [0.15, 0.2) is 24.3 Å². The molecule has 1 aliphatic heterocycles. The van der Waals surface area contributed by atoms with E-state index in [9.17, 15) is 0 Å². The van der Waals surface area contributed by atoms with E-state index in [0.717, 1.165) is 30.1 Å². The Morgan fingerprint density at radius 3 is 2.94 bits per heavy atom. The van der Waals surface area contributed by atoms with Gasteiger partial charge in [-0.3, -0.25) is 4.84 Å². The van der Waals surface area contributed by atoms with Gasteiger partial charge in [0, 0.05) is 13.5 Å². The summed E-state index contributed by atoms with van der Waals surface area (Å²) >= 11 is 0. The maximum absolute atomic E-state index is 5.61.